The molecule has 1 atom stereocenters. The van der Waals surface area contributed by atoms with Crippen LogP contribution < -0.4 is 10.6 Å². The second kappa shape index (κ2) is 6.98. The Morgan fingerprint density at radius 2 is 2.43 bits per heavy atom. The molecule has 8 nitrogen and oxygen atoms in total. The summed E-state index contributed by atoms with van der Waals surface area (Å²) in [6.45, 7) is 1.19. The minimum Gasteiger partial charge on any atom is -0.378 e. The van der Waals surface area contributed by atoms with Crippen molar-refractivity contribution in [2.24, 2.45) is 0 Å². The van der Waals surface area contributed by atoms with Gasteiger partial charge in [-0.2, -0.15) is 0 Å². The molecule has 1 aliphatic heterocycles. The number of amides is 1. The number of pyridine rings is 1. The lowest BCUT2D eigenvalue weighted by Gasteiger charge is -2.10. The Morgan fingerprint density at radius 1 is 1.62 bits per heavy atom. The van der Waals surface area contributed by atoms with E-state index in [1.807, 2.05) is 0 Å². The summed E-state index contributed by atoms with van der Waals surface area (Å²) in [5.41, 5.74) is -0.296. The number of carbonyl (C=O) groups excluding carboxylic acids is 1. The zero-order chi connectivity index (χ0) is 15.2. The van der Waals surface area contributed by atoms with Crippen molar-refractivity contribution in [1.29, 1.82) is 0 Å². The number of aromatic nitrogens is 1. The van der Waals surface area contributed by atoms with Gasteiger partial charge in [0.2, 0.25) is 0 Å². The zero-order valence-corrected chi connectivity index (χ0v) is 11.8. The van der Waals surface area contributed by atoms with Crippen LogP contribution in [-0.2, 0) is 4.74 Å². The maximum atomic E-state index is 12.1. The number of nitrogens with one attached hydrogen (secondary N) is 2. The van der Waals surface area contributed by atoms with Crippen LogP contribution >= 0.6 is 0 Å². The molecule has 1 fully saturated rings. The van der Waals surface area contributed by atoms with Crippen molar-refractivity contribution < 1.29 is 14.5 Å². The highest BCUT2D eigenvalue weighted by atomic mass is 16.6. The van der Waals surface area contributed by atoms with Crippen molar-refractivity contribution in [3.05, 3.63) is 27.9 Å². The van der Waals surface area contributed by atoms with Crippen molar-refractivity contribution in [1.82, 2.24) is 10.3 Å². The van der Waals surface area contributed by atoms with Gasteiger partial charge in [0.25, 0.3) is 11.6 Å². The van der Waals surface area contributed by atoms with Crippen molar-refractivity contribution in [3.8, 4) is 0 Å². The van der Waals surface area contributed by atoms with E-state index in [2.05, 4.69) is 15.6 Å². The molecule has 2 N–H and O–H groups in total. The first-order chi connectivity index (χ1) is 10.1. The third-order valence-corrected chi connectivity index (χ3v) is 3.36. The number of hydrogen-bond donors (Lipinski definition) is 2. The monoisotopic (exact) mass is 294 g/mol. The molecule has 1 aromatic heterocycles. The fourth-order valence-electron chi connectivity index (χ4n) is 2.23. The third-order valence-electron chi connectivity index (χ3n) is 3.36. The summed E-state index contributed by atoms with van der Waals surface area (Å²) < 4.78 is 5.46. The summed E-state index contributed by atoms with van der Waals surface area (Å²) in [7, 11) is 1.63. The summed E-state index contributed by atoms with van der Waals surface area (Å²) in [5, 5.41) is 16.4. The Balaban J connectivity index is 2.00. The minimum atomic E-state index is -0.610. The van der Waals surface area contributed by atoms with Gasteiger partial charge < -0.3 is 15.4 Å². The topological polar surface area (TPSA) is 106 Å². The van der Waals surface area contributed by atoms with Crippen molar-refractivity contribution in [2.45, 2.75) is 25.4 Å². The van der Waals surface area contributed by atoms with Gasteiger partial charge >= 0.3 is 0 Å². The Morgan fingerprint density at radius 3 is 3.05 bits per heavy atom. The predicted molar refractivity (Wildman–Crippen MR) is 76.4 cm³/mol. The summed E-state index contributed by atoms with van der Waals surface area (Å²) >= 11 is 0. The molecular weight excluding hydrogens is 276 g/mol. The van der Waals surface area contributed by atoms with E-state index in [-0.39, 0.29) is 17.4 Å². The number of nitro groups is 1. The molecule has 2 heterocycles. The Bertz CT molecular complexity index is 529. The van der Waals surface area contributed by atoms with Gasteiger partial charge in [-0.3, -0.25) is 14.9 Å². The molecule has 21 heavy (non-hydrogen) atoms. The van der Waals surface area contributed by atoms with Gasteiger partial charge in [0.15, 0.2) is 0 Å². The van der Waals surface area contributed by atoms with Crippen molar-refractivity contribution in [2.75, 3.05) is 25.5 Å². The van der Waals surface area contributed by atoms with Crippen LogP contribution in [0.3, 0.4) is 0 Å². The highest BCUT2D eigenvalue weighted by Gasteiger charge is 2.22. The fraction of sp³-hybridized carbons (Fsp3) is 0.538. The number of hydrogen-bond acceptors (Lipinski definition) is 6. The summed E-state index contributed by atoms with van der Waals surface area (Å²) in [6.07, 6.45) is 4.00. The summed E-state index contributed by atoms with van der Waals surface area (Å²) in [6, 6.07) is 1.37. The van der Waals surface area contributed by atoms with Gasteiger partial charge in [0.1, 0.15) is 17.6 Å². The molecule has 114 valence electrons. The molecule has 1 saturated heterocycles. The van der Waals surface area contributed by atoms with Crippen LogP contribution in [-0.4, -0.2) is 42.1 Å². The quantitative estimate of drug-likeness (QED) is 0.605. The second-order valence-corrected chi connectivity index (χ2v) is 4.77. The number of rotatable bonds is 6. The van der Waals surface area contributed by atoms with Crippen LogP contribution in [0.5, 0.6) is 0 Å². The summed E-state index contributed by atoms with van der Waals surface area (Å²) in [4.78, 5) is 26.3. The van der Waals surface area contributed by atoms with E-state index in [1.165, 1.54) is 6.07 Å². The van der Waals surface area contributed by atoms with Gasteiger partial charge in [0, 0.05) is 26.3 Å². The molecule has 1 aliphatic rings. The van der Waals surface area contributed by atoms with E-state index in [4.69, 9.17) is 4.74 Å². The molecule has 0 aliphatic carbocycles. The molecule has 0 aromatic carbocycles. The fourth-order valence-corrected chi connectivity index (χ4v) is 2.23. The first-order valence-electron chi connectivity index (χ1n) is 6.84. The van der Waals surface area contributed by atoms with E-state index < -0.39 is 10.8 Å². The number of ether oxygens (including phenoxy) is 1. The van der Waals surface area contributed by atoms with E-state index in [1.54, 1.807) is 7.05 Å². The van der Waals surface area contributed by atoms with Gasteiger partial charge in [-0.1, -0.05) is 0 Å². The van der Waals surface area contributed by atoms with Crippen molar-refractivity contribution >= 4 is 17.4 Å². The third kappa shape index (κ3) is 3.88. The average Bonchev–Trinajstić information content (AvgIpc) is 2.99. The molecular formula is C13H18N4O4. The van der Waals surface area contributed by atoms with E-state index in [9.17, 15) is 14.9 Å². The maximum absolute atomic E-state index is 12.1. The van der Waals surface area contributed by atoms with E-state index in [0.29, 0.717) is 18.8 Å². The van der Waals surface area contributed by atoms with Crippen LogP contribution in [0, 0.1) is 10.1 Å². The lowest BCUT2D eigenvalue weighted by molar-refractivity contribution is -0.385. The molecule has 8 heteroatoms. The first-order valence-corrected chi connectivity index (χ1v) is 6.84. The second-order valence-electron chi connectivity index (χ2n) is 4.77. The lowest BCUT2D eigenvalue weighted by Crippen LogP contribution is -2.27. The van der Waals surface area contributed by atoms with Gasteiger partial charge in [-0.05, 0) is 19.3 Å². The number of carbonyl (C=O) groups is 1. The van der Waals surface area contributed by atoms with Crippen LogP contribution in [0.25, 0.3) is 0 Å². The largest absolute Gasteiger partial charge is 0.378 e. The molecule has 1 amide bonds. The Kier molecular flexibility index (Phi) is 5.04. The van der Waals surface area contributed by atoms with Gasteiger partial charge in [-0.15, -0.1) is 0 Å². The standard InChI is InChI=1S/C13H18N4O4/c1-14-12-7-10(11(8-16-12)17(19)20)13(18)15-5-4-9-3-2-6-21-9/h7-9H,2-6H2,1H3,(H,14,16)(H,15,18). The average molecular weight is 294 g/mol. The SMILES string of the molecule is CNc1cc(C(=O)NCCC2CCCO2)c([N+](=O)[O-])cn1. The van der Waals surface area contributed by atoms with Gasteiger partial charge in [-0.25, -0.2) is 4.98 Å². The maximum Gasteiger partial charge on any atom is 0.300 e. The molecule has 1 unspecified atom stereocenters. The van der Waals surface area contributed by atoms with Crippen LogP contribution in [0.15, 0.2) is 12.3 Å². The lowest BCUT2D eigenvalue weighted by atomic mass is 10.1. The zero-order valence-electron chi connectivity index (χ0n) is 11.8. The minimum absolute atomic E-state index is 0.00619. The summed E-state index contributed by atoms with van der Waals surface area (Å²) in [5.74, 6) is -0.0662. The van der Waals surface area contributed by atoms with Crippen LogP contribution in [0.4, 0.5) is 11.5 Å². The molecule has 0 spiro atoms. The molecule has 0 radical (unpaired) electrons. The van der Waals surface area contributed by atoms with Gasteiger partial charge in [0.05, 0.1) is 11.0 Å². The Labute approximate surface area is 122 Å². The van der Waals surface area contributed by atoms with E-state index >= 15 is 0 Å². The smallest absolute Gasteiger partial charge is 0.300 e. The highest BCUT2D eigenvalue weighted by Crippen LogP contribution is 2.20. The van der Waals surface area contributed by atoms with Crippen molar-refractivity contribution in [3.63, 3.8) is 0 Å². The molecule has 0 bridgehead atoms. The Hall–Kier alpha value is -2.22. The first kappa shape index (κ1) is 15.2. The van der Waals surface area contributed by atoms with Crippen LogP contribution in [0.1, 0.15) is 29.6 Å². The van der Waals surface area contributed by atoms with Crippen LogP contribution in [0.2, 0.25) is 0 Å². The number of nitrogens with zero attached hydrogens (tertiary/aromatic N) is 2. The molecule has 1 aromatic rings. The molecule has 2 rings (SSSR count). The number of anilines is 1. The van der Waals surface area contributed by atoms with E-state index in [0.717, 1.165) is 25.6 Å². The highest BCUT2D eigenvalue weighted by molar-refractivity contribution is 5.98. The predicted octanol–water partition coefficient (Wildman–Crippen LogP) is 1.33. The normalized spacial score (nSPS) is 17.5. The molecule has 0 saturated carbocycles.